The Bertz CT molecular complexity index is 890. The summed E-state index contributed by atoms with van der Waals surface area (Å²) in [6, 6.07) is 12.1. The number of carbonyl (C=O) groups is 1. The first-order valence-electron chi connectivity index (χ1n) is 7.36. The van der Waals surface area contributed by atoms with Crippen molar-refractivity contribution in [3.63, 3.8) is 0 Å². The zero-order valence-corrected chi connectivity index (χ0v) is 12.3. The number of nitrogens with zero attached hydrogens (tertiary/aromatic N) is 2. The van der Waals surface area contributed by atoms with Crippen molar-refractivity contribution in [2.24, 2.45) is 0 Å². The highest BCUT2D eigenvalue weighted by Gasteiger charge is 2.25. The second-order valence-corrected chi connectivity index (χ2v) is 5.41. The van der Waals surface area contributed by atoms with Gasteiger partial charge in [-0.2, -0.15) is 5.10 Å². The van der Waals surface area contributed by atoms with Gasteiger partial charge in [0.2, 0.25) is 0 Å². The van der Waals surface area contributed by atoms with Crippen LogP contribution in [-0.2, 0) is 6.54 Å². The minimum Gasteiger partial charge on any atom is -0.491 e. The predicted molar refractivity (Wildman–Crippen MR) is 82.7 cm³/mol. The standard InChI is InChI=1S/C17H14FN3O2/c18-13-5-3-7-15-12(13)10-21(8-9-23-15)17(22)16-11-4-1-2-6-14(11)19-20-16/h1-7H,8-10H2,(H,19,20). The molecule has 0 unspecified atom stereocenters. The van der Waals surface area contributed by atoms with Crippen LogP contribution in [0.4, 0.5) is 4.39 Å². The molecule has 2 aromatic carbocycles. The third kappa shape index (κ3) is 2.32. The smallest absolute Gasteiger partial charge is 0.275 e. The lowest BCUT2D eigenvalue weighted by atomic mass is 10.1. The van der Waals surface area contributed by atoms with E-state index in [1.807, 2.05) is 24.3 Å². The lowest BCUT2D eigenvalue weighted by Gasteiger charge is -2.19. The Morgan fingerprint density at radius 2 is 2.09 bits per heavy atom. The average Bonchev–Trinajstić information content (AvgIpc) is 2.87. The number of para-hydroxylation sites is 1. The second-order valence-electron chi connectivity index (χ2n) is 5.41. The first kappa shape index (κ1) is 13.8. The quantitative estimate of drug-likeness (QED) is 0.752. The summed E-state index contributed by atoms with van der Waals surface area (Å²) in [5.41, 5.74) is 1.55. The molecule has 4 rings (SSSR count). The fourth-order valence-corrected chi connectivity index (χ4v) is 2.81. The number of carbonyl (C=O) groups excluding carboxylic acids is 1. The summed E-state index contributed by atoms with van der Waals surface area (Å²) in [7, 11) is 0. The number of hydrogen-bond donors (Lipinski definition) is 1. The van der Waals surface area contributed by atoms with Crippen LogP contribution in [0.1, 0.15) is 16.1 Å². The molecule has 116 valence electrons. The normalized spacial score (nSPS) is 14.2. The number of rotatable bonds is 1. The maximum atomic E-state index is 14.0. The van der Waals surface area contributed by atoms with E-state index in [9.17, 15) is 9.18 Å². The Morgan fingerprint density at radius 1 is 1.22 bits per heavy atom. The van der Waals surface area contributed by atoms with Crippen LogP contribution in [0.3, 0.4) is 0 Å². The summed E-state index contributed by atoms with van der Waals surface area (Å²) >= 11 is 0. The summed E-state index contributed by atoms with van der Waals surface area (Å²) in [5.74, 6) is -0.108. The number of benzene rings is 2. The fourth-order valence-electron chi connectivity index (χ4n) is 2.81. The Hall–Kier alpha value is -2.89. The van der Waals surface area contributed by atoms with E-state index < -0.39 is 0 Å². The lowest BCUT2D eigenvalue weighted by Crippen LogP contribution is -2.33. The van der Waals surface area contributed by atoms with Gasteiger partial charge >= 0.3 is 0 Å². The van der Waals surface area contributed by atoms with Gasteiger partial charge in [-0.15, -0.1) is 0 Å². The molecular weight excluding hydrogens is 297 g/mol. The molecule has 2 heterocycles. The Kier molecular flexibility index (Phi) is 3.22. The first-order valence-corrected chi connectivity index (χ1v) is 7.36. The van der Waals surface area contributed by atoms with E-state index in [0.717, 1.165) is 10.9 Å². The Balaban J connectivity index is 1.70. The van der Waals surface area contributed by atoms with Gasteiger partial charge in [0.1, 0.15) is 18.2 Å². The molecule has 3 aromatic rings. The van der Waals surface area contributed by atoms with Gasteiger partial charge in [0.15, 0.2) is 5.69 Å². The molecule has 1 amide bonds. The van der Waals surface area contributed by atoms with Crippen molar-refractivity contribution in [2.45, 2.75) is 6.54 Å². The molecule has 0 atom stereocenters. The van der Waals surface area contributed by atoms with Crippen molar-refractivity contribution in [2.75, 3.05) is 13.2 Å². The van der Waals surface area contributed by atoms with Crippen molar-refractivity contribution < 1.29 is 13.9 Å². The van der Waals surface area contributed by atoms with Crippen LogP contribution in [0, 0.1) is 5.82 Å². The van der Waals surface area contributed by atoms with Gasteiger partial charge in [-0.25, -0.2) is 4.39 Å². The van der Waals surface area contributed by atoms with Crippen LogP contribution >= 0.6 is 0 Å². The van der Waals surface area contributed by atoms with Gasteiger partial charge in [-0.1, -0.05) is 24.3 Å². The SMILES string of the molecule is O=C(c1n[nH]c2ccccc12)N1CCOc2cccc(F)c2C1. The van der Waals surface area contributed by atoms with Gasteiger partial charge in [0, 0.05) is 10.9 Å². The monoisotopic (exact) mass is 311 g/mol. The largest absolute Gasteiger partial charge is 0.491 e. The number of H-pyrrole nitrogens is 1. The number of halogens is 1. The van der Waals surface area contributed by atoms with Crippen LogP contribution in [-0.4, -0.2) is 34.2 Å². The summed E-state index contributed by atoms with van der Waals surface area (Å²) in [6.45, 7) is 0.876. The maximum Gasteiger partial charge on any atom is 0.275 e. The van der Waals surface area contributed by atoms with E-state index in [-0.39, 0.29) is 18.3 Å². The summed E-state index contributed by atoms with van der Waals surface area (Å²) < 4.78 is 19.6. The molecule has 23 heavy (non-hydrogen) atoms. The van der Waals surface area contributed by atoms with E-state index in [1.54, 1.807) is 17.0 Å². The molecule has 0 radical (unpaired) electrons. The molecule has 1 aromatic heterocycles. The minimum absolute atomic E-state index is 0.169. The van der Waals surface area contributed by atoms with Crippen molar-refractivity contribution in [1.82, 2.24) is 15.1 Å². The summed E-state index contributed by atoms with van der Waals surface area (Å²) in [4.78, 5) is 14.4. The predicted octanol–water partition coefficient (Wildman–Crippen LogP) is 2.74. The molecule has 0 spiro atoms. The van der Waals surface area contributed by atoms with Crippen LogP contribution in [0.15, 0.2) is 42.5 Å². The highest BCUT2D eigenvalue weighted by molar-refractivity contribution is 6.04. The van der Waals surface area contributed by atoms with Crippen LogP contribution < -0.4 is 4.74 Å². The van der Waals surface area contributed by atoms with Gasteiger partial charge in [0.25, 0.3) is 5.91 Å². The van der Waals surface area contributed by atoms with Crippen LogP contribution in [0.5, 0.6) is 5.75 Å². The van der Waals surface area contributed by atoms with Crippen molar-refractivity contribution in [3.05, 3.63) is 59.5 Å². The Labute approximate surface area is 131 Å². The molecule has 0 saturated carbocycles. The molecule has 5 nitrogen and oxygen atoms in total. The van der Waals surface area contributed by atoms with E-state index in [0.29, 0.717) is 30.2 Å². The van der Waals surface area contributed by atoms with E-state index >= 15 is 0 Å². The molecule has 0 bridgehead atoms. The molecule has 1 N–H and O–H groups in total. The van der Waals surface area contributed by atoms with E-state index in [1.165, 1.54) is 6.07 Å². The number of aromatic nitrogens is 2. The van der Waals surface area contributed by atoms with E-state index in [2.05, 4.69) is 10.2 Å². The van der Waals surface area contributed by atoms with Crippen LogP contribution in [0.25, 0.3) is 10.9 Å². The molecule has 0 aliphatic carbocycles. The molecular formula is C17H14FN3O2. The molecule has 1 aliphatic rings. The van der Waals surface area contributed by atoms with E-state index in [4.69, 9.17) is 4.74 Å². The zero-order valence-electron chi connectivity index (χ0n) is 12.3. The minimum atomic E-state index is -0.367. The highest BCUT2D eigenvalue weighted by atomic mass is 19.1. The molecule has 1 aliphatic heterocycles. The fraction of sp³-hybridized carbons (Fsp3) is 0.176. The number of aromatic amines is 1. The number of nitrogens with one attached hydrogen (secondary N) is 1. The first-order chi connectivity index (χ1) is 11.2. The van der Waals surface area contributed by atoms with Gasteiger partial charge in [-0.3, -0.25) is 9.89 Å². The number of ether oxygens (including phenoxy) is 1. The van der Waals surface area contributed by atoms with Gasteiger partial charge < -0.3 is 9.64 Å². The third-order valence-electron chi connectivity index (χ3n) is 4.00. The van der Waals surface area contributed by atoms with Crippen LogP contribution in [0.2, 0.25) is 0 Å². The topological polar surface area (TPSA) is 58.2 Å². The highest BCUT2D eigenvalue weighted by Crippen LogP contribution is 2.27. The summed E-state index contributed by atoms with van der Waals surface area (Å²) in [5, 5.41) is 7.74. The Morgan fingerprint density at radius 3 is 3.00 bits per heavy atom. The number of fused-ring (bicyclic) bond motifs is 2. The maximum absolute atomic E-state index is 14.0. The molecule has 0 saturated heterocycles. The summed E-state index contributed by atoms with van der Waals surface area (Å²) in [6.07, 6.45) is 0. The van der Waals surface area contributed by atoms with Crippen molar-refractivity contribution >= 4 is 16.8 Å². The van der Waals surface area contributed by atoms with Gasteiger partial charge in [-0.05, 0) is 18.2 Å². The third-order valence-corrected chi connectivity index (χ3v) is 4.00. The average molecular weight is 311 g/mol. The van der Waals surface area contributed by atoms with Crippen molar-refractivity contribution in [3.8, 4) is 5.75 Å². The van der Waals surface area contributed by atoms with Gasteiger partial charge in [0.05, 0.1) is 18.6 Å². The number of amides is 1. The zero-order chi connectivity index (χ0) is 15.8. The molecule has 6 heteroatoms. The molecule has 0 fully saturated rings. The number of hydrogen-bond acceptors (Lipinski definition) is 3. The second kappa shape index (κ2) is 5.39. The lowest BCUT2D eigenvalue weighted by molar-refractivity contribution is 0.0728. The van der Waals surface area contributed by atoms with Crippen molar-refractivity contribution in [1.29, 1.82) is 0 Å².